The largest absolute Gasteiger partial charge is 0.598 e. The van der Waals surface area contributed by atoms with Gasteiger partial charge in [-0.15, -0.1) is 4.72 Å². The molecule has 8 heteroatoms. The molecule has 20 heavy (non-hydrogen) atoms. The zero-order valence-electron chi connectivity index (χ0n) is 11.0. The summed E-state index contributed by atoms with van der Waals surface area (Å²) >= 11 is 0.989. The van der Waals surface area contributed by atoms with Gasteiger partial charge in [-0.25, -0.2) is 4.39 Å². The van der Waals surface area contributed by atoms with E-state index in [0.29, 0.717) is 0 Å². The van der Waals surface area contributed by atoms with Crippen molar-refractivity contribution in [1.82, 2.24) is 4.72 Å². The Balaban J connectivity index is 3.14. The second-order valence-electron chi connectivity index (χ2n) is 5.14. The van der Waals surface area contributed by atoms with Crippen molar-refractivity contribution < 1.29 is 22.1 Å². The van der Waals surface area contributed by atoms with Crippen LogP contribution in [0.3, 0.4) is 0 Å². The molecule has 0 aromatic heterocycles. The lowest BCUT2D eigenvalue weighted by Crippen LogP contribution is -2.45. The number of nitrogens with one attached hydrogen (secondary N) is 1. The molecule has 0 aliphatic rings. The van der Waals surface area contributed by atoms with Crippen molar-refractivity contribution in [3.8, 4) is 0 Å². The third-order valence-corrected chi connectivity index (χ3v) is 4.63. The van der Waals surface area contributed by atoms with E-state index in [1.165, 1.54) is 0 Å². The first-order valence-corrected chi connectivity index (χ1v) is 7.57. The lowest BCUT2D eigenvalue weighted by Gasteiger charge is -2.29. The minimum Gasteiger partial charge on any atom is -0.598 e. The van der Waals surface area contributed by atoms with Gasteiger partial charge >= 0.3 is 6.18 Å². The van der Waals surface area contributed by atoms with E-state index in [0.717, 1.165) is 18.2 Å². The van der Waals surface area contributed by atoms with Gasteiger partial charge in [0.1, 0.15) is 10.6 Å². The van der Waals surface area contributed by atoms with Crippen molar-refractivity contribution >= 4 is 27.3 Å². The summed E-state index contributed by atoms with van der Waals surface area (Å²) < 4.78 is 65.4. The molecule has 1 unspecified atom stereocenters. The summed E-state index contributed by atoms with van der Waals surface area (Å²) in [6.07, 6.45) is -4.65. The summed E-state index contributed by atoms with van der Waals surface area (Å²) in [6, 6.07) is 0.748. The van der Waals surface area contributed by atoms with E-state index >= 15 is 0 Å². The molecule has 0 radical (unpaired) electrons. The second-order valence-corrected chi connectivity index (χ2v) is 7.99. The molecule has 0 saturated carbocycles. The van der Waals surface area contributed by atoms with E-state index in [4.69, 9.17) is 0 Å². The Hall–Kier alpha value is -0.310. The molecule has 2 atom stereocenters. The molecule has 1 rings (SSSR count). The number of hydrogen-bond acceptors (Lipinski definition) is 2. The molecule has 114 valence electrons. The maximum atomic E-state index is 13.1. The Morgan fingerprint density at radius 2 is 1.80 bits per heavy atom. The maximum Gasteiger partial charge on any atom is 0.412 e. The van der Waals surface area contributed by atoms with Crippen LogP contribution in [0.25, 0.3) is 0 Å². The minimum absolute atomic E-state index is 0.0294. The predicted molar refractivity (Wildman–Crippen MR) is 73.9 cm³/mol. The Kier molecular flexibility index (Phi) is 5.51. The summed E-state index contributed by atoms with van der Waals surface area (Å²) in [7, 11) is 0. The zero-order valence-corrected chi connectivity index (χ0v) is 13.4. The van der Waals surface area contributed by atoms with E-state index in [-0.39, 0.29) is 10.0 Å². The van der Waals surface area contributed by atoms with Crippen molar-refractivity contribution in [2.45, 2.75) is 37.7 Å². The van der Waals surface area contributed by atoms with E-state index in [1.807, 2.05) is 0 Å². The maximum absolute atomic E-state index is 13.1. The molecule has 1 aromatic carbocycles. The van der Waals surface area contributed by atoms with Gasteiger partial charge in [-0.05, 0) is 38.5 Å². The molecule has 2 nitrogen and oxygen atoms in total. The highest BCUT2D eigenvalue weighted by Crippen LogP contribution is 2.37. The lowest BCUT2D eigenvalue weighted by atomic mass is 10.1. The Morgan fingerprint density at radius 3 is 2.20 bits per heavy atom. The molecular formula is C12H14BrF4NOS. The van der Waals surface area contributed by atoms with Crippen LogP contribution in [0.1, 0.15) is 32.4 Å². The van der Waals surface area contributed by atoms with Crippen molar-refractivity contribution in [1.29, 1.82) is 0 Å². The van der Waals surface area contributed by atoms with E-state index in [1.54, 1.807) is 20.8 Å². The van der Waals surface area contributed by atoms with Crippen LogP contribution in [0.5, 0.6) is 0 Å². The fourth-order valence-corrected chi connectivity index (χ4v) is 2.73. The molecule has 0 amide bonds. The van der Waals surface area contributed by atoms with Gasteiger partial charge in [-0.3, -0.25) is 0 Å². The second kappa shape index (κ2) is 6.21. The summed E-state index contributed by atoms with van der Waals surface area (Å²) in [6.45, 7) is 4.68. The first-order valence-electron chi connectivity index (χ1n) is 5.62. The van der Waals surface area contributed by atoms with Gasteiger partial charge in [-0.2, -0.15) is 13.2 Å². The van der Waals surface area contributed by atoms with Gasteiger partial charge in [0.15, 0.2) is 6.04 Å². The summed E-state index contributed by atoms with van der Waals surface area (Å²) in [5.41, 5.74) is -0.212. The lowest BCUT2D eigenvalue weighted by molar-refractivity contribution is -0.153. The average Bonchev–Trinajstić information content (AvgIpc) is 2.23. The summed E-state index contributed by atoms with van der Waals surface area (Å²) in [4.78, 5) is 0. The SMILES string of the molecule is CC(C)(C)[S@+]([O-])NC(c1ccc(F)cc1Br)C(F)(F)F. The predicted octanol–water partition coefficient (Wildman–Crippen LogP) is 4.24. The molecule has 0 aliphatic carbocycles. The van der Waals surface area contributed by atoms with Gasteiger partial charge < -0.3 is 4.55 Å². The molecule has 1 aromatic rings. The fourth-order valence-electron chi connectivity index (χ4n) is 1.33. The van der Waals surface area contributed by atoms with Crippen molar-refractivity contribution in [3.63, 3.8) is 0 Å². The Morgan fingerprint density at radius 1 is 1.25 bits per heavy atom. The van der Waals surface area contributed by atoms with Crippen LogP contribution < -0.4 is 4.72 Å². The van der Waals surface area contributed by atoms with Gasteiger partial charge in [0.05, 0.1) is 0 Å². The van der Waals surface area contributed by atoms with Crippen LogP contribution in [-0.4, -0.2) is 15.5 Å². The van der Waals surface area contributed by atoms with Gasteiger partial charge in [-0.1, -0.05) is 22.0 Å². The van der Waals surface area contributed by atoms with Crippen LogP contribution in [0.4, 0.5) is 17.6 Å². The van der Waals surface area contributed by atoms with Crippen molar-refractivity contribution in [2.24, 2.45) is 0 Å². The van der Waals surface area contributed by atoms with Crippen LogP contribution in [-0.2, 0) is 11.4 Å². The minimum atomic E-state index is -4.65. The Labute approximate surface area is 126 Å². The third-order valence-electron chi connectivity index (χ3n) is 2.38. The fraction of sp³-hybridized carbons (Fsp3) is 0.500. The smallest absolute Gasteiger partial charge is 0.412 e. The van der Waals surface area contributed by atoms with Crippen molar-refractivity contribution in [3.05, 3.63) is 34.1 Å². The topological polar surface area (TPSA) is 35.1 Å². The molecule has 0 fully saturated rings. The standard InChI is InChI=1S/C12H14BrF4NOS/c1-11(2,3)20(19)18-10(12(15,16)17)8-5-4-7(14)6-9(8)13/h4-6,10,18H,1-3H3/t10?,20-/m0/s1. The summed E-state index contributed by atoms with van der Waals surface area (Å²) in [5.74, 6) is -0.654. The van der Waals surface area contributed by atoms with E-state index in [9.17, 15) is 22.1 Å². The molecule has 1 N–H and O–H groups in total. The first kappa shape index (κ1) is 17.7. The quantitative estimate of drug-likeness (QED) is 0.633. The molecular weight excluding hydrogens is 362 g/mol. The number of hydrogen-bond donors (Lipinski definition) is 1. The highest BCUT2D eigenvalue weighted by molar-refractivity contribution is 9.10. The van der Waals surface area contributed by atoms with Crippen molar-refractivity contribution in [2.75, 3.05) is 0 Å². The van der Waals surface area contributed by atoms with E-state index < -0.39 is 34.1 Å². The van der Waals surface area contributed by atoms with E-state index in [2.05, 4.69) is 20.7 Å². The Bertz CT molecular complexity index is 476. The van der Waals surface area contributed by atoms with Gasteiger partial charge in [0.25, 0.3) is 0 Å². The van der Waals surface area contributed by atoms with Crippen LogP contribution in [0.2, 0.25) is 0 Å². The summed E-state index contributed by atoms with van der Waals surface area (Å²) in [5, 5.41) is 0. The zero-order chi connectivity index (χ0) is 15.7. The number of rotatable bonds is 3. The molecule has 0 heterocycles. The van der Waals surface area contributed by atoms with Crippen LogP contribution in [0.15, 0.2) is 22.7 Å². The normalized spacial score (nSPS) is 16.1. The molecule has 0 saturated heterocycles. The van der Waals surface area contributed by atoms with Gasteiger partial charge in [0, 0.05) is 15.8 Å². The third kappa shape index (κ3) is 4.61. The first-order chi connectivity index (χ1) is 8.93. The number of halogens is 5. The highest BCUT2D eigenvalue weighted by atomic mass is 79.9. The van der Waals surface area contributed by atoms with Gasteiger partial charge in [0.2, 0.25) is 0 Å². The average molecular weight is 376 g/mol. The molecule has 0 spiro atoms. The molecule has 0 aliphatic heterocycles. The van der Waals surface area contributed by atoms with Crippen LogP contribution >= 0.6 is 15.9 Å². The highest BCUT2D eigenvalue weighted by Gasteiger charge is 2.46. The number of benzene rings is 1. The molecule has 0 bridgehead atoms. The monoisotopic (exact) mass is 375 g/mol. The number of alkyl halides is 3. The van der Waals surface area contributed by atoms with Crippen LogP contribution in [0, 0.1) is 5.82 Å².